The number of alkyl halides is 2. The summed E-state index contributed by atoms with van der Waals surface area (Å²) in [5.74, 6) is -4.55. The molecule has 9 heteroatoms. The Morgan fingerprint density at radius 3 is 2.05 bits per heavy atom. The Bertz CT molecular complexity index is 677. The second-order valence-corrected chi connectivity index (χ2v) is 8.71. The molecule has 0 atom stereocenters. The highest BCUT2D eigenvalue weighted by molar-refractivity contribution is 7.90. The Balaban J connectivity index is 2.57. The highest BCUT2D eigenvalue weighted by Crippen LogP contribution is 2.14. The molecule has 0 aliphatic heterocycles. The number of halogens is 2. The molecule has 0 aliphatic rings. The van der Waals surface area contributed by atoms with Crippen molar-refractivity contribution in [1.82, 2.24) is 4.72 Å². The van der Waals surface area contributed by atoms with Crippen LogP contribution in [0.25, 0.3) is 0 Å². The molecular weight excluding hydrogens is 324 g/mol. The van der Waals surface area contributed by atoms with E-state index in [4.69, 9.17) is 0 Å². The molecule has 0 amide bonds. The van der Waals surface area contributed by atoms with Gasteiger partial charge in [0.1, 0.15) is 5.75 Å². The summed E-state index contributed by atoms with van der Waals surface area (Å²) < 4.78 is 72.6. The Hall–Kier alpha value is -1.06. The van der Waals surface area contributed by atoms with Crippen molar-refractivity contribution in [1.29, 1.82) is 0 Å². The number of rotatable bonds is 7. The number of nitrogens with one attached hydrogen (secondary N) is 1. The van der Waals surface area contributed by atoms with Crippen molar-refractivity contribution in [3.63, 3.8) is 0 Å². The predicted octanol–water partition coefficient (Wildman–Crippen LogP) is 1.21. The summed E-state index contributed by atoms with van der Waals surface area (Å²) >= 11 is 0. The third-order valence-corrected chi connectivity index (χ3v) is 5.19. The molecule has 1 rings (SSSR count). The van der Waals surface area contributed by atoms with Gasteiger partial charge in [0.15, 0.2) is 9.84 Å². The molecule has 0 unspecified atom stereocenters. The van der Waals surface area contributed by atoms with Crippen LogP contribution in [0.15, 0.2) is 29.2 Å². The number of sulfone groups is 1. The Morgan fingerprint density at radius 1 is 1.10 bits per heavy atom. The largest absolute Gasteiger partial charge is 0.260 e. The number of sulfonamides is 1. The minimum absolute atomic E-state index is 0.0311. The first kappa shape index (κ1) is 18.0. The molecule has 0 bridgehead atoms. The molecule has 120 valence electrons. The highest BCUT2D eigenvalue weighted by Gasteiger charge is 2.29. The van der Waals surface area contributed by atoms with Crippen molar-refractivity contribution < 1.29 is 25.6 Å². The van der Waals surface area contributed by atoms with Gasteiger partial charge in [-0.2, -0.15) is 0 Å². The molecule has 0 saturated carbocycles. The SMILES string of the molecule is CC(F)(F)CS(=O)(=O)NCCc1ccc(S(C)(=O)=O)cc1. The van der Waals surface area contributed by atoms with Gasteiger partial charge in [-0.25, -0.2) is 30.3 Å². The first-order chi connectivity index (χ1) is 9.39. The molecule has 0 aromatic heterocycles. The average Bonchev–Trinajstić information content (AvgIpc) is 2.24. The van der Waals surface area contributed by atoms with Gasteiger partial charge in [0.2, 0.25) is 10.0 Å². The van der Waals surface area contributed by atoms with Crippen LogP contribution in [-0.2, 0) is 26.3 Å². The molecule has 0 saturated heterocycles. The fourth-order valence-corrected chi connectivity index (χ4v) is 3.45. The topological polar surface area (TPSA) is 80.3 Å². The van der Waals surface area contributed by atoms with Crippen LogP contribution in [0.2, 0.25) is 0 Å². The van der Waals surface area contributed by atoms with E-state index >= 15 is 0 Å². The lowest BCUT2D eigenvalue weighted by atomic mass is 10.2. The summed E-state index contributed by atoms with van der Waals surface area (Å²) in [6.45, 7) is 0.507. The van der Waals surface area contributed by atoms with E-state index in [2.05, 4.69) is 4.72 Å². The van der Waals surface area contributed by atoms with E-state index in [9.17, 15) is 25.6 Å². The first-order valence-corrected chi connectivity index (χ1v) is 9.58. The van der Waals surface area contributed by atoms with Crippen LogP contribution < -0.4 is 4.72 Å². The maximum Gasteiger partial charge on any atom is 0.260 e. The smallest absolute Gasteiger partial charge is 0.224 e. The number of hydrogen-bond acceptors (Lipinski definition) is 4. The number of hydrogen-bond donors (Lipinski definition) is 1. The Labute approximate surface area is 123 Å². The average molecular weight is 341 g/mol. The summed E-state index contributed by atoms with van der Waals surface area (Å²) in [4.78, 5) is 0.164. The molecule has 0 radical (unpaired) electrons. The van der Waals surface area contributed by atoms with E-state index in [0.29, 0.717) is 12.5 Å². The van der Waals surface area contributed by atoms with Crippen LogP contribution in [0.5, 0.6) is 0 Å². The predicted molar refractivity (Wildman–Crippen MR) is 75.7 cm³/mol. The normalized spacial score (nSPS) is 13.3. The molecule has 1 N–H and O–H groups in total. The summed E-state index contributed by atoms with van der Waals surface area (Å²) in [7, 11) is -7.32. The van der Waals surface area contributed by atoms with Crippen molar-refractivity contribution in [3.8, 4) is 0 Å². The van der Waals surface area contributed by atoms with Crippen LogP contribution in [-0.4, -0.2) is 41.3 Å². The fourth-order valence-electron chi connectivity index (χ4n) is 1.64. The molecule has 1 aromatic rings. The highest BCUT2D eigenvalue weighted by atomic mass is 32.2. The first-order valence-electron chi connectivity index (χ1n) is 6.03. The van der Waals surface area contributed by atoms with Crippen LogP contribution in [0.1, 0.15) is 12.5 Å². The second-order valence-electron chi connectivity index (χ2n) is 4.89. The van der Waals surface area contributed by atoms with Gasteiger partial charge in [0.05, 0.1) is 4.90 Å². The van der Waals surface area contributed by atoms with E-state index in [1.54, 1.807) is 12.1 Å². The third kappa shape index (κ3) is 6.96. The molecule has 1 aromatic carbocycles. The summed E-state index contributed by atoms with van der Waals surface area (Å²) in [5, 5.41) is 0. The molecular formula is C12H17F2NO4S2. The maximum atomic E-state index is 12.6. The lowest BCUT2D eigenvalue weighted by molar-refractivity contribution is 0.0471. The zero-order valence-electron chi connectivity index (χ0n) is 11.6. The monoisotopic (exact) mass is 341 g/mol. The fraction of sp³-hybridized carbons (Fsp3) is 0.500. The summed E-state index contributed by atoms with van der Waals surface area (Å²) in [5.41, 5.74) is 0.702. The lowest BCUT2D eigenvalue weighted by Crippen LogP contribution is -2.35. The van der Waals surface area contributed by atoms with Crippen LogP contribution >= 0.6 is 0 Å². The molecule has 21 heavy (non-hydrogen) atoms. The minimum atomic E-state index is -4.04. The van der Waals surface area contributed by atoms with Gasteiger partial charge in [0, 0.05) is 19.7 Å². The van der Waals surface area contributed by atoms with E-state index in [1.165, 1.54) is 12.1 Å². The Morgan fingerprint density at radius 2 is 1.62 bits per heavy atom. The zero-order chi connectivity index (χ0) is 16.3. The molecule has 0 spiro atoms. The lowest BCUT2D eigenvalue weighted by Gasteiger charge is -2.11. The van der Waals surface area contributed by atoms with Gasteiger partial charge >= 0.3 is 0 Å². The quantitative estimate of drug-likeness (QED) is 0.808. The maximum absolute atomic E-state index is 12.6. The van der Waals surface area contributed by atoms with E-state index in [-0.39, 0.29) is 17.9 Å². The van der Waals surface area contributed by atoms with Crippen LogP contribution in [0, 0.1) is 0 Å². The van der Waals surface area contributed by atoms with Crippen molar-refractivity contribution in [2.75, 3.05) is 18.6 Å². The van der Waals surface area contributed by atoms with Crippen molar-refractivity contribution in [2.24, 2.45) is 0 Å². The van der Waals surface area contributed by atoms with Crippen LogP contribution in [0.4, 0.5) is 8.78 Å². The van der Waals surface area contributed by atoms with E-state index in [0.717, 1.165) is 6.26 Å². The van der Waals surface area contributed by atoms with Gasteiger partial charge in [-0.15, -0.1) is 0 Å². The second kappa shape index (κ2) is 6.37. The van der Waals surface area contributed by atoms with E-state index < -0.39 is 31.5 Å². The van der Waals surface area contributed by atoms with Gasteiger partial charge < -0.3 is 0 Å². The molecule has 0 fully saturated rings. The number of benzene rings is 1. The molecule has 0 heterocycles. The molecule has 0 aliphatic carbocycles. The van der Waals surface area contributed by atoms with Gasteiger partial charge in [-0.3, -0.25) is 0 Å². The van der Waals surface area contributed by atoms with Gasteiger partial charge in [-0.05, 0) is 24.1 Å². The van der Waals surface area contributed by atoms with E-state index in [1.807, 2.05) is 0 Å². The minimum Gasteiger partial charge on any atom is -0.224 e. The Kier molecular flexibility index (Phi) is 5.46. The zero-order valence-corrected chi connectivity index (χ0v) is 13.3. The molecule has 5 nitrogen and oxygen atoms in total. The van der Waals surface area contributed by atoms with Gasteiger partial charge in [-0.1, -0.05) is 12.1 Å². The van der Waals surface area contributed by atoms with Crippen molar-refractivity contribution in [3.05, 3.63) is 29.8 Å². The van der Waals surface area contributed by atoms with Crippen molar-refractivity contribution >= 4 is 19.9 Å². The summed E-state index contributed by atoms with van der Waals surface area (Å²) in [6.07, 6.45) is 1.36. The summed E-state index contributed by atoms with van der Waals surface area (Å²) in [6, 6.07) is 5.94. The standard InChI is InChI=1S/C12H17F2NO4S2/c1-12(13,14)9-21(18,19)15-8-7-10-3-5-11(6-4-10)20(2,16)17/h3-6,15H,7-9H2,1-2H3. The third-order valence-electron chi connectivity index (χ3n) is 2.53. The van der Waals surface area contributed by atoms with Crippen LogP contribution in [0.3, 0.4) is 0 Å². The van der Waals surface area contributed by atoms with Gasteiger partial charge in [0.25, 0.3) is 5.92 Å². The van der Waals surface area contributed by atoms with Crippen molar-refractivity contribution in [2.45, 2.75) is 24.2 Å².